The first-order valence-corrected chi connectivity index (χ1v) is 9.27. The average Bonchev–Trinajstić information content (AvgIpc) is 2.55. The average molecular weight is 380 g/mol. The van der Waals surface area contributed by atoms with Crippen molar-refractivity contribution in [2.45, 2.75) is 23.2 Å². The fraction of sp³-hybridized carbons (Fsp3) is 0.667. The molecule has 0 aliphatic heterocycles. The summed E-state index contributed by atoms with van der Waals surface area (Å²) in [7, 11) is 0. The molecule has 0 saturated carbocycles. The van der Waals surface area contributed by atoms with Crippen molar-refractivity contribution >= 4 is 48.0 Å². The molecule has 10 nitrogen and oxygen atoms in total. The number of carbonyl (C=O) groups is 4. The van der Waals surface area contributed by atoms with Crippen LogP contribution in [0.3, 0.4) is 0 Å². The van der Waals surface area contributed by atoms with Crippen molar-refractivity contribution in [2.24, 2.45) is 21.7 Å². The molecular weight excluding hydrogens is 360 g/mol. The number of azo groups is 1. The molecule has 0 aromatic rings. The normalized spacial score (nSPS) is 19.0. The number of nitrogens with zero attached hydrogens (tertiary/aromatic N) is 2. The van der Waals surface area contributed by atoms with Crippen molar-refractivity contribution in [1.82, 2.24) is 0 Å². The molecule has 0 fully saturated rings. The van der Waals surface area contributed by atoms with Crippen molar-refractivity contribution in [1.29, 1.82) is 0 Å². The van der Waals surface area contributed by atoms with Crippen LogP contribution in [0, 0.1) is 0 Å². The van der Waals surface area contributed by atoms with Gasteiger partial charge < -0.3 is 31.3 Å². The molecule has 0 bridgehead atoms. The van der Waals surface area contributed by atoms with Gasteiger partial charge in [-0.15, -0.1) is 0 Å². The van der Waals surface area contributed by atoms with E-state index in [-0.39, 0.29) is 24.1 Å². The topological polar surface area (TPSA) is 185 Å². The van der Waals surface area contributed by atoms with E-state index in [0.29, 0.717) is 0 Å². The van der Waals surface area contributed by atoms with Gasteiger partial charge in [0.1, 0.15) is 12.1 Å². The lowest BCUT2D eigenvalue weighted by Gasteiger charge is -2.27. The minimum atomic E-state index is -2.32. The number of carboxylic acids is 2. The predicted octanol–water partition coefficient (Wildman–Crippen LogP) is -1.14. The molecule has 136 valence electrons. The number of rotatable bonds is 12. The fourth-order valence-electron chi connectivity index (χ4n) is 1.55. The first-order chi connectivity index (χ1) is 11.1. The quantitative estimate of drug-likeness (QED) is 0.183. The highest BCUT2D eigenvalue weighted by Gasteiger charge is 2.45. The highest BCUT2D eigenvalue weighted by Crippen LogP contribution is 2.19. The summed E-state index contributed by atoms with van der Waals surface area (Å²) in [6, 6.07) is -2.51. The Labute approximate surface area is 146 Å². The number of aliphatic carboxylic acids is 2. The Balaban J connectivity index is 5.78. The number of carbonyl (C=O) groups excluding carboxylic acids is 2. The largest absolute Gasteiger partial charge is 0.479 e. The van der Waals surface area contributed by atoms with Gasteiger partial charge in [0.2, 0.25) is 0 Å². The Kier molecular flexibility index (Phi) is 9.11. The van der Waals surface area contributed by atoms with Crippen molar-refractivity contribution in [3.8, 4) is 0 Å². The van der Waals surface area contributed by atoms with Gasteiger partial charge in [0.25, 0.3) is 0 Å². The summed E-state index contributed by atoms with van der Waals surface area (Å²) in [5.74, 6) is -3.10. The van der Waals surface area contributed by atoms with E-state index in [2.05, 4.69) is 10.2 Å². The molecule has 0 amide bonds. The molecule has 0 aromatic carbocycles. The number of nitrogens with two attached hydrogens (primary N) is 2. The fourth-order valence-corrected chi connectivity index (χ4v) is 2.87. The molecule has 0 rings (SSSR count). The zero-order valence-corrected chi connectivity index (χ0v) is 14.7. The van der Waals surface area contributed by atoms with E-state index < -0.39 is 35.1 Å². The van der Waals surface area contributed by atoms with Crippen LogP contribution < -0.4 is 11.5 Å². The molecule has 0 radical (unpaired) electrons. The van der Waals surface area contributed by atoms with Crippen LogP contribution in [-0.2, 0) is 19.2 Å². The lowest BCUT2D eigenvalue weighted by Crippen LogP contribution is -2.60. The van der Waals surface area contributed by atoms with E-state index in [9.17, 15) is 19.2 Å². The van der Waals surface area contributed by atoms with Gasteiger partial charge in [-0.3, -0.25) is 0 Å². The predicted molar refractivity (Wildman–Crippen MR) is 90.4 cm³/mol. The van der Waals surface area contributed by atoms with Crippen LogP contribution in [0.25, 0.3) is 0 Å². The number of thioether (sulfide) groups is 2. The molecule has 6 N–H and O–H groups in total. The molecule has 0 spiro atoms. The standard InChI is InChI=1S/C12H20N4O6S2/c1-23-3-7(11(13,5-17)9(19)20)15-16-8(4-24-2)12(14,6-18)10(21)22/h5-8H,3-4,13-14H2,1-2H3,(H,19,20)(H,21,22). The zero-order valence-electron chi connectivity index (χ0n) is 13.1. The minimum absolute atomic E-state index is 0.0444. The van der Waals surface area contributed by atoms with Crippen molar-refractivity contribution in [3.05, 3.63) is 0 Å². The second-order valence-electron chi connectivity index (χ2n) is 4.89. The van der Waals surface area contributed by atoms with Crippen LogP contribution in [0.4, 0.5) is 0 Å². The highest BCUT2D eigenvalue weighted by atomic mass is 32.2. The summed E-state index contributed by atoms with van der Waals surface area (Å²) in [6.45, 7) is 0. The Morgan fingerprint density at radius 3 is 1.42 bits per heavy atom. The van der Waals surface area contributed by atoms with Gasteiger partial charge in [0, 0.05) is 11.5 Å². The Hall–Kier alpha value is -1.50. The molecule has 0 aliphatic carbocycles. The molecule has 0 saturated heterocycles. The highest BCUT2D eigenvalue weighted by molar-refractivity contribution is 7.98. The third-order valence-corrected chi connectivity index (χ3v) is 4.53. The summed E-state index contributed by atoms with van der Waals surface area (Å²) in [5, 5.41) is 25.8. The summed E-state index contributed by atoms with van der Waals surface area (Å²) in [4.78, 5) is 44.7. The molecule has 0 aliphatic rings. The van der Waals surface area contributed by atoms with Gasteiger partial charge >= 0.3 is 11.9 Å². The maximum atomic E-state index is 11.3. The van der Waals surface area contributed by atoms with Crippen molar-refractivity contribution < 1.29 is 29.4 Å². The van der Waals surface area contributed by atoms with E-state index in [1.54, 1.807) is 12.5 Å². The van der Waals surface area contributed by atoms with Crippen LogP contribution in [0.2, 0.25) is 0 Å². The Morgan fingerprint density at radius 2 is 1.25 bits per heavy atom. The van der Waals surface area contributed by atoms with Gasteiger partial charge in [-0.2, -0.15) is 33.8 Å². The Bertz CT molecular complexity index is 476. The van der Waals surface area contributed by atoms with Crippen LogP contribution in [0.15, 0.2) is 10.2 Å². The zero-order chi connectivity index (χ0) is 19.0. The third kappa shape index (κ3) is 5.00. The maximum Gasteiger partial charge on any atom is 0.333 e. The summed E-state index contributed by atoms with van der Waals surface area (Å²) in [5.41, 5.74) is 6.51. The lowest BCUT2D eigenvalue weighted by molar-refractivity contribution is -0.147. The van der Waals surface area contributed by atoms with Gasteiger partial charge in [-0.05, 0) is 12.5 Å². The monoisotopic (exact) mass is 380 g/mol. The molecule has 4 atom stereocenters. The second-order valence-corrected chi connectivity index (χ2v) is 6.71. The van der Waals surface area contributed by atoms with Gasteiger partial charge in [0.15, 0.2) is 23.7 Å². The Morgan fingerprint density at radius 1 is 0.958 bits per heavy atom. The first-order valence-electron chi connectivity index (χ1n) is 6.49. The summed E-state index contributed by atoms with van der Waals surface area (Å²) < 4.78 is 0. The van der Waals surface area contributed by atoms with Crippen molar-refractivity contribution in [3.63, 3.8) is 0 Å². The summed E-state index contributed by atoms with van der Waals surface area (Å²) in [6.07, 6.45) is 3.38. The molecule has 4 unspecified atom stereocenters. The number of aldehydes is 2. The number of hydrogen-bond acceptors (Lipinski definition) is 10. The maximum absolute atomic E-state index is 11.3. The van der Waals surface area contributed by atoms with Gasteiger partial charge in [-0.25, -0.2) is 9.59 Å². The minimum Gasteiger partial charge on any atom is -0.479 e. The molecule has 0 heterocycles. The molecule has 12 heteroatoms. The number of carboxylic acid groups (broad SMARTS) is 2. The van der Waals surface area contributed by atoms with Gasteiger partial charge in [0.05, 0.1) is 0 Å². The van der Waals surface area contributed by atoms with E-state index >= 15 is 0 Å². The van der Waals surface area contributed by atoms with Crippen molar-refractivity contribution in [2.75, 3.05) is 24.0 Å². The van der Waals surface area contributed by atoms with Crippen LogP contribution >= 0.6 is 23.5 Å². The van der Waals surface area contributed by atoms with Crippen LogP contribution in [-0.4, -0.2) is 81.9 Å². The molecule has 0 aromatic heterocycles. The lowest BCUT2D eigenvalue weighted by atomic mass is 9.94. The first kappa shape index (κ1) is 22.5. The number of hydrogen-bond donors (Lipinski definition) is 4. The van der Waals surface area contributed by atoms with E-state index in [1.807, 2.05) is 0 Å². The van der Waals surface area contributed by atoms with E-state index in [0.717, 1.165) is 0 Å². The molecule has 24 heavy (non-hydrogen) atoms. The second kappa shape index (κ2) is 9.71. The molecular formula is C12H20N4O6S2. The van der Waals surface area contributed by atoms with Gasteiger partial charge in [-0.1, -0.05) is 0 Å². The van der Waals surface area contributed by atoms with Crippen LogP contribution in [0.1, 0.15) is 0 Å². The van der Waals surface area contributed by atoms with E-state index in [1.165, 1.54) is 23.5 Å². The van der Waals surface area contributed by atoms with E-state index in [4.69, 9.17) is 21.7 Å². The third-order valence-electron chi connectivity index (χ3n) is 3.23. The smallest absolute Gasteiger partial charge is 0.333 e. The van der Waals surface area contributed by atoms with Crippen LogP contribution in [0.5, 0.6) is 0 Å². The summed E-state index contributed by atoms with van der Waals surface area (Å²) >= 11 is 2.35. The SMILES string of the molecule is CSCC(N=NC(CSC)C(N)(C=O)C(=O)O)C(N)(C=O)C(=O)O.